The molecule has 27 heavy (non-hydrogen) atoms. The highest BCUT2D eigenvalue weighted by atomic mass is 16.6. The van der Waals surface area contributed by atoms with Gasteiger partial charge in [-0.3, -0.25) is 9.69 Å². The van der Waals surface area contributed by atoms with Crippen LogP contribution in [-0.4, -0.2) is 42.7 Å². The summed E-state index contributed by atoms with van der Waals surface area (Å²) < 4.78 is 10.9. The Morgan fingerprint density at radius 2 is 2.04 bits per heavy atom. The molecular weight excluding hydrogens is 344 g/mol. The summed E-state index contributed by atoms with van der Waals surface area (Å²) in [5.74, 6) is 0.610. The van der Waals surface area contributed by atoms with Gasteiger partial charge in [-0.1, -0.05) is 30.3 Å². The number of fused-ring (bicyclic) bond motifs is 3. The van der Waals surface area contributed by atoms with Crippen LogP contribution >= 0.6 is 0 Å². The van der Waals surface area contributed by atoms with Gasteiger partial charge in [0.05, 0.1) is 11.7 Å². The quantitative estimate of drug-likeness (QED) is 0.837. The fraction of sp³-hybridized carbons (Fsp3) is 0.333. The third-order valence-electron chi connectivity index (χ3n) is 5.01. The van der Waals surface area contributed by atoms with Crippen LogP contribution < -0.4 is 9.64 Å². The van der Waals surface area contributed by atoms with Gasteiger partial charge in [-0.2, -0.15) is 0 Å². The van der Waals surface area contributed by atoms with E-state index in [9.17, 15) is 9.59 Å². The predicted molar refractivity (Wildman–Crippen MR) is 101 cm³/mol. The molecule has 0 spiro atoms. The van der Waals surface area contributed by atoms with Crippen molar-refractivity contribution in [3.63, 3.8) is 0 Å². The van der Waals surface area contributed by atoms with E-state index in [1.165, 1.54) is 0 Å². The van der Waals surface area contributed by atoms with Gasteiger partial charge in [-0.15, -0.1) is 0 Å². The van der Waals surface area contributed by atoms with Gasteiger partial charge in [-0.05, 0) is 42.7 Å². The number of cyclic esters (lactones) is 1. The molecule has 140 valence electrons. The predicted octanol–water partition coefficient (Wildman–Crippen LogP) is 3.13. The lowest BCUT2D eigenvalue weighted by Crippen LogP contribution is -2.43. The van der Waals surface area contributed by atoms with Crippen LogP contribution in [0.3, 0.4) is 0 Å². The molecule has 0 aromatic heterocycles. The molecule has 0 saturated carbocycles. The highest BCUT2D eigenvalue weighted by Gasteiger charge is 2.37. The molecule has 0 bridgehead atoms. The molecule has 0 aliphatic carbocycles. The molecule has 0 radical (unpaired) electrons. The monoisotopic (exact) mass is 366 g/mol. The normalized spacial score (nSPS) is 18.9. The summed E-state index contributed by atoms with van der Waals surface area (Å²) in [5.41, 5.74) is 2.85. The Labute approximate surface area is 158 Å². The van der Waals surface area contributed by atoms with Gasteiger partial charge in [0, 0.05) is 13.1 Å². The Balaban J connectivity index is 1.55. The third kappa shape index (κ3) is 3.60. The highest BCUT2D eigenvalue weighted by Crippen LogP contribution is 2.32. The van der Waals surface area contributed by atoms with E-state index in [1.807, 2.05) is 55.5 Å². The lowest BCUT2D eigenvalue weighted by atomic mass is 10.0. The smallest absolute Gasteiger partial charge is 0.414 e. The van der Waals surface area contributed by atoms with Crippen molar-refractivity contribution in [3.8, 4) is 5.75 Å². The van der Waals surface area contributed by atoms with E-state index in [4.69, 9.17) is 9.47 Å². The molecular formula is C21H22N2O4. The van der Waals surface area contributed by atoms with E-state index in [1.54, 1.807) is 9.80 Å². The number of anilines is 1. The molecule has 1 unspecified atom stereocenters. The molecule has 0 N–H and O–H groups in total. The van der Waals surface area contributed by atoms with E-state index in [0.717, 1.165) is 16.8 Å². The summed E-state index contributed by atoms with van der Waals surface area (Å²) in [6, 6.07) is 15.2. The molecule has 2 aromatic rings. The second-order valence-corrected chi connectivity index (χ2v) is 6.94. The Morgan fingerprint density at radius 3 is 2.85 bits per heavy atom. The molecule has 1 atom stereocenters. The number of carbonyl (C=O) groups excluding carboxylic acids is 2. The molecule has 2 amide bonds. The first-order chi connectivity index (χ1) is 13.1. The summed E-state index contributed by atoms with van der Waals surface area (Å²) >= 11 is 0. The van der Waals surface area contributed by atoms with Crippen LogP contribution in [0.4, 0.5) is 10.5 Å². The summed E-state index contributed by atoms with van der Waals surface area (Å²) in [6.45, 7) is 3.35. The van der Waals surface area contributed by atoms with Crippen molar-refractivity contribution >= 4 is 17.7 Å². The minimum absolute atomic E-state index is 0.00494. The van der Waals surface area contributed by atoms with Crippen LogP contribution in [-0.2, 0) is 16.1 Å². The maximum Gasteiger partial charge on any atom is 0.414 e. The molecule has 1 fully saturated rings. The van der Waals surface area contributed by atoms with E-state index in [2.05, 4.69) is 0 Å². The number of rotatable bonds is 3. The van der Waals surface area contributed by atoms with Gasteiger partial charge in [0.1, 0.15) is 12.4 Å². The maximum atomic E-state index is 12.8. The second kappa shape index (κ2) is 7.31. The minimum atomic E-state index is -0.306. The van der Waals surface area contributed by atoms with Crippen LogP contribution in [0.5, 0.6) is 5.75 Å². The number of hydrogen-bond donors (Lipinski definition) is 0. The van der Waals surface area contributed by atoms with Gasteiger partial charge in [0.25, 0.3) is 5.91 Å². The van der Waals surface area contributed by atoms with Crippen molar-refractivity contribution in [2.45, 2.75) is 25.9 Å². The molecule has 6 nitrogen and oxygen atoms in total. The molecule has 1 saturated heterocycles. The topological polar surface area (TPSA) is 59.1 Å². The Bertz CT molecular complexity index is 853. The van der Waals surface area contributed by atoms with Gasteiger partial charge in [-0.25, -0.2) is 4.79 Å². The van der Waals surface area contributed by atoms with Gasteiger partial charge < -0.3 is 14.4 Å². The van der Waals surface area contributed by atoms with Crippen LogP contribution in [0.25, 0.3) is 0 Å². The average molecular weight is 366 g/mol. The average Bonchev–Trinajstić information content (AvgIpc) is 3.03. The van der Waals surface area contributed by atoms with Gasteiger partial charge >= 0.3 is 6.09 Å². The van der Waals surface area contributed by atoms with Crippen molar-refractivity contribution in [3.05, 3.63) is 59.7 Å². The molecule has 2 aromatic carbocycles. The number of para-hydroxylation sites is 1. The molecule has 6 heteroatoms. The van der Waals surface area contributed by atoms with Crippen LogP contribution in [0, 0.1) is 6.92 Å². The highest BCUT2D eigenvalue weighted by molar-refractivity contribution is 5.91. The first-order valence-electron chi connectivity index (χ1n) is 9.13. The fourth-order valence-corrected chi connectivity index (χ4v) is 3.56. The number of benzene rings is 2. The maximum absolute atomic E-state index is 12.8. The Morgan fingerprint density at radius 1 is 1.22 bits per heavy atom. The first-order valence-corrected chi connectivity index (χ1v) is 9.13. The van der Waals surface area contributed by atoms with Crippen molar-refractivity contribution in [2.24, 2.45) is 0 Å². The number of hydrogen-bond acceptors (Lipinski definition) is 4. The van der Waals surface area contributed by atoms with Crippen LogP contribution in [0.2, 0.25) is 0 Å². The summed E-state index contributed by atoms with van der Waals surface area (Å²) in [6.07, 6.45) is 0.370. The zero-order valence-electron chi connectivity index (χ0n) is 15.3. The molecule has 2 heterocycles. The summed E-state index contributed by atoms with van der Waals surface area (Å²) in [5, 5.41) is 0. The Hall–Kier alpha value is -3.02. The number of ether oxygens (including phenoxy) is 2. The molecule has 2 aliphatic heterocycles. The van der Waals surface area contributed by atoms with Crippen LogP contribution in [0.1, 0.15) is 17.5 Å². The number of nitrogens with zero attached hydrogens (tertiary/aromatic N) is 2. The summed E-state index contributed by atoms with van der Waals surface area (Å²) in [7, 11) is 0. The van der Waals surface area contributed by atoms with Crippen molar-refractivity contribution in [1.29, 1.82) is 0 Å². The van der Waals surface area contributed by atoms with E-state index in [0.29, 0.717) is 31.9 Å². The minimum Gasteiger partial charge on any atom is -0.484 e. The van der Waals surface area contributed by atoms with Gasteiger partial charge in [0.15, 0.2) is 6.61 Å². The lowest BCUT2D eigenvalue weighted by Gasteiger charge is -2.32. The molecule has 4 rings (SSSR count). The van der Waals surface area contributed by atoms with Crippen molar-refractivity contribution in [1.82, 2.24) is 4.90 Å². The fourth-order valence-electron chi connectivity index (χ4n) is 3.56. The first kappa shape index (κ1) is 17.4. The van der Waals surface area contributed by atoms with Crippen molar-refractivity contribution in [2.75, 3.05) is 24.7 Å². The zero-order chi connectivity index (χ0) is 18.8. The van der Waals surface area contributed by atoms with Crippen LogP contribution in [0.15, 0.2) is 48.5 Å². The van der Waals surface area contributed by atoms with E-state index >= 15 is 0 Å². The summed E-state index contributed by atoms with van der Waals surface area (Å²) in [4.78, 5) is 28.5. The molecule has 2 aliphatic rings. The standard InChI is InChI=1S/C21H22N2O4/c1-15-7-8-16-12-22(20(24)14-26-18-5-3-2-4-6-18)10-9-17-13-27-21(25)23(17)19(16)11-15/h2-8,11,17H,9-10,12-14H2,1H3. The van der Waals surface area contributed by atoms with Gasteiger partial charge in [0.2, 0.25) is 0 Å². The lowest BCUT2D eigenvalue weighted by molar-refractivity contribution is -0.134. The second-order valence-electron chi connectivity index (χ2n) is 6.94. The number of carbonyl (C=O) groups is 2. The van der Waals surface area contributed by atoms with E-state index in [-0.39, 0.29) is 24.6 Å². The largest absolute Gasteiger partial charge is 0.484 e. The Kier molecular flexibility index (Phi) is 4.71. The SMILES string of the molecule is Cc1ccc2c(c1)N1C(=O)OCC1CCN(C(=O)COc1ccccc1)C2. The zero-order valence-corrected chi connectivity index (χ0v) is 15.3. The number of amides is 2. The number of aryl methyl sites for hydroxylation is 1. The van der Waals surface area contributed by atoms with E-state index < -0.39 is 0 Å². The van der Waals surface area contributed by atoms with Crippen molar-refractivity contribution < 1.29 is 19.1 Å². The third-order valence-corrected chi connectivity index (χ3v) is 5.01.